The lowest BCUT2D eigenvalue weighted by atomic mass is 10.2. The Morgan fingerprint density at radius 1 is 1.41 bits per heavy atom. The normalized spacial score (nSPS) is 10.1. The van der Waals surface area contributed by atoms with E-state index in [4.69, 9.17) is 10.5 Å². The van der Waals surface area contributed by atoms with E-state index in [1.807, 2.05) is 0 Å². The van der Waals surface area contributed by atoms with E-state index < -0.39 is 11.6 Å². The minimum absolute atomic E-state index is 0.127. The van der Waals surface area contributed by atoms with Crippen LogP contribution in [0.5, 0.6) is 5.75 Å². The third kappa shape index (κ3) is 3.90. The van der Waals surface area contributed by atoms with Gasteiger partial charge in [0.1, 0.15) is 5.82 Å². The summed E-state index contributed by atoms with van der Waals surface area (Å²) >= 11 is 0. The Balaban J connectivity index is 2.47. The van der Waals surface area contributed by atoms with Gasteiger partial charge in [-0.25, -0.2) is 8.78 Å². The highest BCUT2D eigenvalue weighted by atomic mass is 19.1. The fraction of sp³-hybridized carbons (Fsp3) is 0.364. The number of anilines is 1. The number of ether oxygens (including phenoxy) is 1. The van der Waals surface area contributed by atoms with E-state index in [9.17, 15) is 13.6 Å². The summed E-state index contributed by atoms with van der Waals surface area (Å²) in [6.45, 7) is 0.133. The summed E-state index contributed by atoms with van der Waals surface area (Å²) in [5, 5.41) is 2.45. The van der Waals surface area contributed by atoms with Gasteiger partial charge in [-0.15, -0.1) is 0 Å². The Morgan fingerprint density at radius 3 is 2.76 bits per heavy atom. The summed E-state index contributed by atoms with van der Waals surface area (Å²) < 4.78 is 31.3. The largest absolute Gasteiger partial charge is 0.490 e. The monoisotopic (exact) mass is 244 g/mol. The standard InChI is InChI=1S/C11H14F2N2O2/c1-15-11(16)3-2-4-17-10-6-7(12)9(14)5-8(10)13/h5-6H,2-4,14H2,1H3,(H,15,16). The average Bonchev–Trinajstić information content (AvgIpc) is 2.30. The van der Waals surface area contributed by atoms with Gasteiger partial charge in [-0.1, -0.05) is 0 Å². The molecule has 0 aliphatic rings. The summed E-state index contributed by atoms with van der Waals surface area (Å²) in [5.74, 6) is -1.78. The summed E-state index contributed by atoms with van der Waals surface area (Å²) in [7, 11) is 1.53. The molecule has 17 heavy (non-hydrogen) atoms. The number of benzene rings is 1. The van der Waals surface area contributed by atoms with Gasteiger partial charge in [-0.05, 0) is 6.42 Å². The van der Waals surface area contributed by atoms with Crippen LogP contribution in [0.15, 0.2) is 12.1 Å². The number of nitrogens with two attached hydrogens (primary N) is 1. The fourth-order valence-electron chi connectivity index (χ4n) is 1.19. The van der Waals surface area contributed by atoms with Crippen LogP contribution < -0.4 is 15.8 Å². The van der Waals surface area contributed by atoms with Crippen molar-refractivity contribution in [1.29, 1.82) is 0 Å². The Hall–Kier alpha value is -1.85. The minimum atomic E-state index is -0.729. The molecule has 0 radical (unpaired) electrons. The number of nitrogens with one attached hydrogen (secondary N) is 1. The maximum atomic E-state index is 13.2. The van der Waals surface area contributed by atoms with Crippen molar-refractivity contribution >= 4 is 11.6 Å². The zero-order valence-electron chi connectivity index (χ0n) is 9.43. The van der Waals surface area contributed by atoms with Crippen LogP contribution in [0.4, 0.5) is 14.5 Å². The van der Waals surface area contributed by atoms with Crippen molar-refractivity contribution in [2.24, 2.45) is 0 Å². The Labute approximate surface area is 97.8 Å². The molecule has 0 saturated carbocycles. The zero-order chi connectivity index (χ0) is 12.8. The second-order valence-corrected chi connectivity index (χ2v) is 3.43. The van der Waals surface area contributed by atoms with E-state index in [0.29, 0.717) is 6.42 Å². The highest BCUT2D eigenvalue weighted by Gasteiger charge is 2.09. The van der Waals surface area contributed by atoms with Crippen LogP contribution in [0.3, 0.4) is 0 Å². The topological polar surface area (TPSA) is 64.3 Å². The molecule has 1 amide bonds. The van der Waals surface area contributed by atoms with E-state index in [-0.39, 0.29) is 30.4 Å². The molecule has 94 valence electrons. The molecule has 1 aromatic carbocycles. The van der Waals surface area contributed by atoms with Gasteiger partial charge in [-0.3, -0.25) is 4.79 Å². The molecule has 0 aliphatic heterocycles. The Bertz CT molecular complexity index is 411. The Morgan fingerprint density at radius 2 is 2.12 bits per heavy atom. The van der Waals surface area contributed by atoms with Crippen molar-refractivity contribution in [2.75, 3.05) is 19.4 Å². The van der Waals surface area contributed by atoms with Gasteiger partial charge >= 0.3 is 0 Å². The third-order valence-corrected chi connectivity index (χ3v) is 2.14. The molecule has 1 rings (SSSR count). The quantitative estimate of drug-likeness (QED) is 0.608. The van der Waals surface area contributed by atoms with Gasteiger partial charge in [0, 0.05) is 25.6 Å². The number of carbonyl (C=O) groups is 1. The lowest BCUT2D eigenvalue weighted by molar-refractivity contribution is -0.120. The summed E-state index contributed by atoms with van der Waals surface area (Å²) in [6.07, 6.45) is 0.695. The van der Waals surface area contributed by atoms with Crippen molar-refractivity contribution in [2.45, 2.75) is 12.8 Å². The smallest absolute Gasteiger partial charge is 0.219 e. The number of amides is 1. The van der Waals surface area contributed by atoms with E-state index >= 15 is 0 Å². The minimum Gasteiger partial charge on any atom is -0.490 e. The predicted molar refractivity (Wildman–Crippen MR) is 59.6 cm³/mol. The van der Waals surface area contributed by atoms with E-state index in [1.165, 1.54) is 7.05 Å². The summed E-state index contributed by atoms with van der Waals surface area (Å²) in [4.78, 5) is 10.9. The van der Waals surface area contributed by atoms with E-state index in [0.717, 1.165) is 12.1 Å². The molecule has 0 bridgehead atoms. The second kappa shape index (κ2) is 6.03. The first-order chi connectivity index (χ1) is 8.04. The highest BCUT2D eigenvalue weighted by Crippen LogP contribution is 2.22. The second-order valence-electron chi connectivity index (χ2n) is 3.43. The maximum absolute atomic E-state index is 13.2. The fourth-order valence-corrected chi connectivity index (χ4v) is 1.19. The van der Waals surface area contributed by atoms with Crippen LogP contribution in [-0.4, -0.2) is 19.6 Å². The molecule has 0 aromatic heterocycles. The van der Waals surface area contributed by atoms with Crippen molar-refractivity contribution in [3.63, 3.8) is 0 Å². The number of rotatable bonds is 5. The van der Waals surface area contributed by atoms with Crippen LogP contribution in [0.25, 0.3) is 0 Å². The molecule has 6 heteroatoms. The van der Waals surface area contributed by atoms with Crippen molar-refractivity contribution in [3.8, 4) is 5.75 Å². The number of nitrogen functional groups attached to an aromatic ring is 1. The molecule has 0 saturated heterocycles. The summed E-state index contributed by atoms with van der Waals surface area (Å²) in [5.41, 5.74) is 4.91. The SMILES string of the molecule is CNC(=O)CCCOc1cc(F)c(N)cc1F. The third-order valence-electron chi connectivity index (χ3n) is 2.14. The van der Waals surface area contributed by atoms with Crippen LogP contribution in [0.2, 0.25) is 0 Å². The predicted octanol–water partition coefficient (Wildman–Crippen LogP) is 1.45. The number of hydrogen-bond donors (Lipinski definition) is 2. The first kappa shape index (κ1) is 13.2. The van der Waals surface area contributed by atoms with Crippen LogP contribution >= 0.6 is 0 Å². The molecule has 0 atom stereocenters. The summed E-state index contributed by atoms with van der Waals surface area (Å²) in [6, 6.07) is 1.76. The molecular weight excluding hydrogens is 230 g/mol. The van der Waals surface area contributed by atoms with Gasteiger partial charge in [0.05, 0.1) is 12.3 Å². The molecule has 4 nitrogen and oxygen atoms in total. The molecule has 0 aliphatic carbocycles. The lowest BCUT2D eigenvalue weighted by Gasteiger charge is -2.08. The number of carbonyl (C=O) groups excluding carboxylic acids is 1. The lowest BCUT2D eigenvalue weighted by Crippen LogP contribution is -2.18. The maximum Gasteiger partial charge on any atom is 0.219 e. The van der Waals surface area contributed by atoms with E-state index in [1.54, 1.807) is 0 Å². The first-order valence-corrected chi connectivity index (χ1v) is 5.12. The van der Waals surface area contributed by atoms with Crippen molar-refractivity contribution in [3.05, 3.63) is 23.8 Å². The molecular formula is C11H14F2N2O2. The number of halogens is 2. The van der Waals surface area contributed by atoms with Gasteiger partial charge in [0.25, 0.3) is 0 Å². The van der Waals surface area contributed by atoms with Crippen LogP contribution in [-0.2, 0) is 4.79 Å². The molecule has 0 fully saturated rings. The van der Waals surface area contributed by atoms with Crippen LogP contribution in [0, 0.1) is 11.6 Å². The van der Waals surface area contributed by atoms with Gasteiger partial charge in [0.2, 0.25) is 5.91 Å². The Kier molecular flexibility index (Phi) is 4.68. The first-order valence-electron chi connectivity index (χ1n) is 5.12. The van der Waals surface area contributed by atoms with Crippen molar-refractivity contribution < 1.29 is 18.3 Å². The molecule has 0 spiro atoms. The van der Waals surface area contributed by atoms with Gasteiger partial charge in [-0.2, -0.15) is 0 Å². The highest BCUT2D eigenvalue weighted by molar-refractivity contribution is 5.75. The molecule has 3 N–H and O–H groups in total. The number of hydrogen-bond acceptors (Lipinski definition) is 3. The molecule has 0 heterocycles. The van der Waals surface area contributed by atoms with E-state index in [2.05, 4.69) is 5.32 Å². The van der Waals surface area contributed by atoms with Gasteiger partial charge in [0.15, 0.2) is 11.6 Å². The molecule has 1 aromatic rings. The average molecular weight is 244 g/mol. The molecule has 0 unspecified atom stereocenters. The zero-order valence-corrected chi connectivity index (χ0v) is 9.43. The van der Waals surface area contributed by atoms with Gasteiger partial charge < -0.3 is 15.8 Å². The van der Waals surface area contributed by atoms with Crippen LogP contribution in [0.1, 0.15) is 12.8 Å². The van der Waals surface area contributed by atoms with Crippen molar-refractivity contribution in [1.82, 2.24) is 5.32 Å².